The van der Waals surface area contributed by atoms with Gasteiger partial charge in [0.15, 0.2) is 0 Å². The van der Waals surface area contributed by atoms with Crippen LogP contribution in [0.25, 0.3) is 11.1 Å². The predicted octanol–water partition coefficient (Wildman–Crippen LogP) is 4.14. The van der Waals surface area contributed by atoms with Crippen LogP contribution >= 0.6 is 22.9 Å². The molecule has 3 aromatic rings. The summed E-state index contributed by atoms with van der Waals surface area (Å²) < 4.78 is 0. The van der Waals surface area contributed by atoms with E-state index in [2.05, 4.69) is 15.3 Å². The standard InChI is InChI=1S/C17H14ClN3OS.CO2/c1-10-3-5-14(18)13(7-10)12-4-6-15(19-8-12)21-17(22)16-11(2)20-9-23-16;2-1-3/h3-9H,1-2H3,(H,19,21,22);. The van der Waals surface area contributed by atoms with Gasteiger partial charge in [0.1, 0.15) is 10.7 Å². The van der Waals surface area contributed by atoms with Crippen molar-refractivity contribution in [3.63, 3.8) is 0 Å². The number of nitrogens with zero attached hydrogens (tertiary/aromatic N) is 2. The number of rotatable bonds is 3. The SMILES string of the molecule is Cc1ccc(Cl)c(-c2ccc(NC(=O)c3scnc3C)nc2)c1.O=C=O. The van der Waals surface area contributed by atoms with Crippen LogP contribution in [0.1, 0.15) is 20.9 Å². The average Bonchev–Trinajstić information content (AvgIpc) is 3.05. The van der Waals surface area contributed by atoms with Crippen molar-refractivity contribution < 1.29 is 14.4 Å². The van der Waals surface area contributed by atoms with Crippen LogP contribution < -0.4 is 5.32 Å². The van der Waals surface area contributed by atoms with Crippen LogP contribution in [-0.2, 0) is 9.59 Å². The van der Waals surface area contributed by atoms with Crippen molar-refractivity contribution in [2.45, 2.75) is 13.8 Å². The number of hydrogen-bond acceptors (Lipinski definition) is 6. The molecule has 0 saturated carbocycles. The molecule has 0 unspecified atom stereocenters. The Bertz CT molecular complexity index is 949. The molecular weight excluding hydrogens is 374 g/mol. The number of nitrogens with one attached hydrogen (secondary N) is 1. The number of anilines is 1. The third-order valence-electron chi connectivity index (χ3n) is 3.39. The molecule has 1 N–H and O–H groups in total. The lowest BCUT2D eigenvalue weighted by Crippen LogP contribution is -2.12. The molecule has 132 valence electrons. The van der Waals surface area contributed by atoms with Crippen LogP contribution in [0.15, 0.2) is 42.0 Å². The van der Waals surface area contributed by atoms with E-state index in [4.69, 9.17) is 21.2 Å². The molecule has 2 aromatic heterocycles. The fourth-order valence-corrected chi connectivity index (χ4v) is 3.10. The van der Waals surface area contributed by atoms with Crippen LogP contribution in [0, 0.1) is 13.8 Å². The highest BCUT2D eigenvalue weighted by Crippen LogP contribution is 2.28. The molecule has 0 aliphatic rings. The predicted molar refractivity (Wildman–Crippen MR) is 99.2 cm³/mol. The summed E-state index contributed by atoms with van der Waals surface area (Å²) in [4.78, 5) is 37.4. The molecule has 0 aliphatic carbocycles. The first-order valence-electron chi connectivity index (χ1n) is 7.39. The van der Waals surface area contributed by atoms with Gasteiger partial charge in [-0.05, 0) is 38.1 Å². The maximum atomic E-state index is 12.1. The van der Waals surface area contributed by atoms with E-state index in [1.54, 1.807) is 17.8 Å². The molecule has 0 aliphatic heterocycles. The van der Waals surface area contributed by atoms with Crippen molar-refractivity contribution in [2.75, 3.05) is 5.32 Å². The fourth-order valence-electron chi connectivity index (χ4n) is 2.18. The quantitative estimate of drug-likeness (QED) is 0.729. The fraction of sp³-hybridized carbons (Fsp3) is 0.111. The Hall–Kier alpha value is -2.86. The molecule has 0 fully saturated rings. The minimum Gasteiger partial charge on any atom is -0.306 e. The van der Waals surface area contributed by atoms with Gasteiger partial charge in [-0.15, -0.1) is 11.3 Å². The lowest BCUT2D eigenvalue weighted by molar-refractivity contribution is -0.191. The molecular formula is C18H14ClN3O3S. The Morgan fingerprint density at radius 3 is 2.46 bits per heavy atom. The Balaban J connectivity index is 0.000000758. The molecule has 6 nitrogen and oxygen atoms in total. The number of aryl methyl sites for hydroxylation is 2. The minimum absolute atomic E-state index is 0.196. The second kappa shape index (κ2) is 9.01. The van der Waals surface area contributed by atoms with Crippen LogP contribution in [0.4, 0.5) is 5.82 Å². The lowest BCUT2D eigenvalue weighted by Gasteiger charge is -2.07. The highest BCUT2D eigenvalue weighted by Gasteiger charge is 2.12. The van der Waals surface area contributed by atoms with Crippen LogP contribution in [0.5, 0.6) is 0 Å². The maximum absolute atomic E-state index is 12.1. The Morgan fingerprint density at radius 1 is 1.15 bits per heavy atom. The van der Waals surface area contributed by atoms with Crippen molar-refractivity contribution in [3.05, 3.63) is 63.2 Å². The second-order valence-electron chi connectivity index (χ2n) is 5.22. The zero-order valence-corrected chi connectivity index (χ0v) is 15.5. The van der Waals surface area contributed by atoms with E-state index in [9.17, 15) is 4.79 Å². The molecule has 26 heavy (non-hydrogen) atoms. The van der Waals surface area contributed by atoms with Crippen molar-refractivity contribution in [1.82, 2.24) is 9.97 Å². The lowest BCUT2D eigenvalue weighted by atomic mass is 10.1. The van der Waals surface area contributed by atoms with Gasteiger partial charge in [0.25, 0.3) is 5.91 Å². The van der Waals surface area contributed by atoms with E-state index in [0.29, 0.717) is 15.7 Å². The Labute approximate surface area is 158 Å². The molecule has 0 spiro atoms. The smallest absolute Gasteiger partial charge is 0.306 e. The molecule has 0 radical (unpaired) electrons. The highest BCUT2D eigenvalue weighted by molar-refractivity contribution is 7.12. The monoisotopic (exact) mass is 387 g/mol. The van der Waals surface area contributed by atoms with E-state index < -0.39 is 0 Å². The molecule has 1 amide bonds. The number of benzene rings is 1. The van der Waals surface area contributed by atoms with E-state index in [0.717, 1.165) is 22.4 Å². The van der Waals surface area contributed by atoms with Crippen molar-refractivity contribution >= 4 is 40.8 Å². The van der Waals surface area contributed by atoms with Gasteiger partial charge < -0.3 is 5.32 Å². The summed E-state index contributed by atoms with van der Waals surface area (Å²) in [6, 6.07) is 9.50. The van der Waals surface area contributed by atoms with Crippen LogP contribution in [0.2, 0.25) is 5.02 Å². The third-order valence-corrected chi connectivity index (χ3v) is 4.65. The summed E-state index contributed by atoms with van der Waals surface area (Å²) in [6.07, 6.45) is 1.95. The van der Waals surface area contributed by atoms with E-state index in [1.807, 2.05) is 38.1 Å². The topological polar surface area (TPSA) is 89.0 Å². The van der Waals surface area contributed by atoms with Gasteiger partial charge in [-0.25, -0.2) is 9.97 Å². The first-order chi connectivity index (χ1) is 12.5. The Morgan fingerprint density at radius 2 is 1.88 bits per heavy atom. The van der Waals surface area contributed by atoms with E-state index in [1.165, 1.54) is 11.3 Å². The van der Waals surface area contributed by atoms with Crippen molar-refractivity contribution in [3.8, 4) is 11.1 Å². The molecule has 8 heteroatoms. The summed E-state index contributed by atoms with van der Waals surface area (Å²) >= 11 is 7.55. The molecule has 0 atom stereocenters. The molecule has 2 heterocycles. The van der Waals surface area contributed by atoms with E-state index in [-0.39, 0.29) is 12.1 Å². The minimum atomic E-state index is -0.196. The second-order valence-corrected chi connectivity index (χ2v) is 6.48. The Kier molecular flexibility index (Phi) is 6.74. The average molecular weight is 388 g/mol. The molecule has 0 saturated heterocycles. The van der Waals surface area contributed by atoms with Crippen molar-refractivity contribution in [2.24, 2.45) is 0 Å². The highest BCUT2D eigenvalue weighted by atomic mass is 35.5. The third kappa shape index (κ3) is 4.83. The molecule has 3 rings (SSSR count). The maximum Gasteiger partial charge on any atom is 0.373 e. The number of carbonyl (C=O) groups is 1. The zero-order chi connectivity index (χ0) is 19.1. The number of thiazole rings is 1. The number of halogens is 1. The number of hydrogen-bond donors (Lipinski definition) is 1. The largest absolute Gasteiger partial charge is 0.373 e. The van der Waals surface area contributed by atoms with Gasteiger partial charge in [-0.3, -0.25) is 4.79 Å². The van der Waals surface area contributed by atoms with Crippen LogP contribution in [0.3, 0.4) is 0 Å². The first-order valence-corrected chi connectivity index (χ1v) is 8.65. The van der Waals surface area contributed by atoms with E-state index >= 15 is 0 Å². The number of pyridine rings is 1. The summed E-state index contributed by atoms with van der Waals surface area (Å²) in [5.74, 6) is 0.300. The summed E-state index contributed by atoms with van der Waals surface area (Å²) in [5.41, 5.74) is 5.33. The van der Waals surface area contributed by atoms with Gasteiger partial charge in [0, 0.05) is 22.3 Å². The number of aromatic nitrogens is 2. The normalized spacial score (nSPS) is 9.65. The number of carbonyl (C=O) groups excluding carboxylic acids is 3. The summed E-state index contributed by atoms with van der Waals surface area (Å²) in [6.45, 7) is 3.82. The van der Waals surface area contributed by atoms with Crippen molar-refractivity contribution in [1.29, 1.82) is 0 Å². The first kappa shape index (κ1) is 19.5. The zero-order valence-electron chi connectivity index (χ0n) is 13.9. The summed E-state index contributed by atoms with van der Waals surface area (Å²) in [7, 11) is 0. The summed E-state index contributed by atoms with van der Waals surface area (Å²) in [5, 5.41) is 3.45. The molecule has 1 aromatic carbocycles. The van der Waals surface area contributed by atoms with Crippen LogP contribution in [-0.4, -0.2) is 22.0 Å². The number of amides is 1. The van der Waals surface area contributed by atoms with Gasteiger partial charge in [-0.2, -0.15) is 9.59 Å². The van der Waals surface area contributed by atoms with Gasteiger partial charge in [0.2, 0.25) is 0 Å². The van der Waals surface area contributed by atoms with Gasteiger partial charge in [0.05, 0.1) is 11.2 Å². The molecule has 0 bridgehead atoms. The van der Waals surface area contributed by atoms with Gasteiger partial charge in [-0.1, -0.05) is 23.2 Å². The van der Waals surface area contributed by atoms with Gasteiger partial charge >= 0.3 is 6.15 Å².